The summed E-state index contributed by atoms with van der Waals surface area (Å²) in [6, 6.07) is 7.73. The molecule has 0 bridgehead atoms. The molecule has 1 unspecified atom stereocenters. The van der Waals surface area contributed by atoms with Crippen LogP contribution >= 0.6 is 0 Å². The molecule has 7 nitrogen and oxygen atoms in total. The van der Waals surface area contributed by atoms with E-state index in [0.717, 1.165) is 47.9 Å². The lowest BCUT2D eigenvalue weighted by Gasteiger charge is -2.42. The fourth-order valence-electron chi connectivity index (χ4n) is 5.37. The first-order chi connectivity index (χ1) is 14.2. The molecular formula is C22H26N4O3. The van der Waals surface area contributed by atoms with Crippen molar-refractivity contribution in [1.29, 1.82) is 0 Å². The first kappa shape index (κ1) is 18.4. The third kappa shape index (κ3) is 2.95. The average molecular weight is 394 g/mol. The average Bonchev–Trinajstić information content (AvgIpc) is 3.30. The number of carbonyl (C=O) groups excluding carboxylic acids is 2. The summed E-state index contributed by atoms with van der Waals surface area (Å²) in [6.45, 7) is 0.473. The zero-order chi connectivity index (χ0) is 20.0. The van der Waals surface area contributed by atoms with Crippen LogP contribution in [0.15, 0.2) is 35.5 Å². The monoisotopic (exact) mass is 394 g/mol. The highest BCUT2D eigenvalue weighted by Crippen LogP contribution is 2.42. The summed E-state index contributed by atoms with van der Waals surface area (Å²) >= 11 is 0. The summed E-state index contributed by atoms with van der Waals surface area (Å²) in [4.78, 5) is 36.6. The minimum atomic E-state index is -0.463. The smallest absolute Gasteiger partial charge is 0.249 e. The molecule has 5 rings (SSSR count). The lowest BCUT2D eigenvalue weighted by molar-refractivity contribution is -0.143. The van der Waals surface area contributed by atoms with E-state index in [1.54, 1.807) is 7.11 Å². The van der Waals surface area contributed by atoms with Gasteiger partial charge in [0.15, 0.2) is 0 Å². The van der Waals surface area contributed by atoms with E-state index in [-0.39, 0.29) is 30.5 Å². The molecule has 0 spiro atoms. The summed E-state index contributed by atoms with van der Waals surface area (Å²) in [5.41, 5.74) is 2.83. The molecule has 29 heavy (non-hydrogen) atoms. The van der Waals surface area contributed by atoms with Crippen LogP contribution in [0.3, 0.4) is 0 Å². The standard InChI is InChI=1S/C22H26N4O3/c1-29-12-18(27)26-17-8-3-2-7-15(17)25-16-11-24-22(28)19(16)21(26)14-6-4-5-13-9-10-23-20(13)14/h4-6,9-10,15,17,19,21,23H,2-3,7-8,11-12H2,1H3,(H,24,28)/t15-,17-,19?,21-/m1/s1. The zero-order valence-electron chi connectivity index (χ0n) is 16.6. The second-order valence-corrected chi connectivity index (χ2v) is 8.20. The SMILES string of the molecule is COCC(=O)N1[C@H](c2cccc3cc[nH]c23)C2C(=O)NCC2=N[C@@H]2CCCC[C@H]21. The largest absolute Gasteiger partial charge is 0.375 e. The Morgan fingerprint density at radius 2 is 2.14 bits per heavy atom. The lowest BCUT2D eigenvalue weighted by atomic mass is 9.85. The molecule has 1 saturated heterocycles. The molecule has 1 saturated carbocycles. The molecule has 2 aromatic rings. The van der Waals surface area contributed by atoms with E-state index in [1.165, 1.54) is 0 Å². The molecule has 7 heteroatoms. The maximum absolute atomic E-state index is 13.4. The Morgan fingerprint density at radius 1 is 1.28 bits per heavy atom. The van der Waals surface area contributed by atoms with Gasteiger partial charge in [-0.1, -0.05) is 31.0 Å². The molecule has 0 radical (unpaired) electrons. The minimum absolute atomic E-state index is 0.00406. The van der Waals surface area contributed by atoms with Crippen molar-refractivity contribution >= 4 is 28.4 Å². The Balaban J connectivity index is 1.72. The van der Waals surface area contributed by atoms with Gasteiger partial charge >= 0.3 is 0 Å². The second kappa shape index (κ2) is 7.30. The van der Waals surface area contributed by atoms with Crippen molar-refractivity contribution in [1.82, 2.24) is 15.2 Å². The van der Waals surface area contributed by atoms with Gasteiger partial charge in [0.1, 0.15) is 12.5 Å². The number of nitrogens with one attached hydrogen (secondary N) is 2. The number of nitrogens with zero attached hydrogens (tertiary/aromatic N) is 2. The topological polar surface area (TPSA) is 86.8 Å². The van der Waals surface area contributed by atoms with Gasteiger partial charge in [-0.2, -0.15) is 0 Å². The molecule has 3 aliphatic rings. The highest BCUT2D eigenvalue weighted by atomic mass is 16.5. The van der Waals surface area contributed by atoms with Gasteiger partial charge < -0.3 is 19.9 Å². The third-order valence-corrected chi connectivity index (χ3v) is 6.58. The summed E-state index contributed by atoms with van der Waals surface area (Å²) < 4.78 is 5.24. The van der Waals surface area contributed by atoms with Crippen LogP contribution in [0.25, 0.3) is 10.9 Å². The van der Waals surface area contributed by atoms with E-state index >= 15 is 0 Å². The Labute approximate surface area is 169 Å². The number of aliphatic imine (C=N–C) groups is 1. The summed E-state index contributed by atoms with van der Waals surface area (Å²) in [6.07, 6.45) is 5.93. The fourth-order valence-corrected chi connectivity index (χ4v) is 5.37. The number of rotatable bonds is 3. The first-order valence-electron chi connectivity index (χ1n) is 10.4. The van der Waals surface area contributed by atoms with Crippen LogP contribution in [0.5, 0.6) is 0 Å². The van der Waals surface area contributed by atoms with Crippen molar-refractivity contribution in [2.75, 3.05) is 20.3 Å². The molecule has 2 fully saturated rings. The number of amides is 2. The van der Waals surface area contributed by atoms with Crippen LogP contribution in [0.1, 0.15) is 37.3 Å². The number of aromatic nitrogens is 1. The molecule has 1 aliphatic carbocycles. The van der Waals surface area contributed by atoms with Crippen molar-refractivity contribution in [2.24, 2.45) is 10.9 Å². The summed E-state index contributed by atoms with van der Waals surface area (Å²) in [5.74, 6) is -0.587. The number of para-hydroxylation sites is 1. The molecule has 2 N–H and O–H groups in total. The quantitative estimate of drug-likeness (QED) is 0.837. The van der Waals surface area contributed by atoms with E-state index in [1.807, 2.05) is 35.4 Å². The summed E-state index contributed by atoms with van der Waals surface area (Å²) in [7, 11) is 1.54. The Kier molecular flexibility index (Phi) is 4.62. The number of ether oxygens (including phenoxy) is 1. The van der Waals surface area contributed by atoms with Crippen LogP contribution in [-0.2, 0) is 14.3 Å². The van der Waals surface area contributed by atoms with Crippen LogP contribution in [-0.4, -0.2) is 59.8 Å². The Morgan fingerprint density at radius 3 is 3.00 bits per heavy atom. The van der Waals surface area contributed by atoms with Crippen molar-refractivity contribution < 1.29 is 14.3 Å². The molecule has 4 atom stereocenters. The van der Waals surface area contributed by atoms with Crippen molar-refractivity contribution in [3.05, 3.63) is 36.0 Å². The third-order valence-electron chi connectivity index (χ3n) is 6.58. The predicted molar refractivity (Wildman–Crippen MR) is 110 cm³/mol. The van der Waals surface area contributed by atoms with Gasteiger partial charge in [-0.05, 0) is 29.9 Å². The van der Waals surface area contributed by atoms with Gasteiger partial charge in [0, 0.05) is 19.0 Å². The van der Waals surface area contributed by atoms with E-state index < -0.39 is 12.0 Å². The van der Waals surface area contributed by atoms with E-state index in [9.17, 15) is 9.59 Å². The van der Waals surface area contributed by atoms with Crippen LogP contribution < -0.4 is 5.32 Å². The van der Waals surface area contributed by atoms with Gasteiger partial charge in [-0.15, -0.1) is 0 Å². The maximum atomic E-state index is 13.4. The highest BCUT2D eigenvalue weighted by Gasteiger charge is 2.49. The van der Waals surface area contributed by atoms with Crippen LogP contribution in [0, 0.1) is 5.92 Å². The van der Waals surface area contributed by atoms with E-state index in [4.69, 9.17) is 9.73 Å². The molecule has 2 amide bonds. The first-order valence-corrected chi connectivity index (χ1v) is 10.4. The second-order valence-electron chi connectivity index (χ2n) is 8.20. The normalized spacial score (nSPS) is 29.1. The molecule has 1 aromatic carbocycles. The number of H-pyrrole nitrogens is 1. The van der Waals surface area contributed by atoms with Gasteiger partial charge in [-0.25, -0.2) is 0 Å². The molecule has 3 heterocycles. The number of aromatic amines is 1. The minimum Gasteiger partial charge on any atom is -0.375 e. The lowest BCUT2D eigenvalue weighted by Crippen LogP contribution is -2.52. The number of hydrogen-bond acceptors (Lipinski definition) is 4. The number of fused-ring (bicyclic) bond motifs is 3. The van der Waals surface area contributed by atoms with Crippen molar-refractivity contribution in [2.45, 2.75) is 43.8 Å². The zero-order valence-corrected chi connectivity index (χ0v) is 16.6. The fraction of sp³-hybridized carbons (Fsp3) is 0.500. The van der Waals surface area contributed by atoms with E-state index in [2.05, 4.69) is 10.3 Å². The number of carbonyl (C=O) groups is 2. The van der Waals surface area contributed by atoms with Crippen LogP contribution in [0.4, 0.5) is 0 Å². The van der Waals surface area contributed by atoms with Crippen molar-refractivity contribution in [3.63, 3.8) is 0 Å². The van der Waals surface area contributed by atoms with Gasteiger partial charge in [0.05, 0.1) is 30.2 Å². The van der Waals surface area contributed by atoms with Gasteiger partial charge in [0.25, 0.3) is 0 Å². The predicted octanol–water partition coefficient (Wildman–Crippen LogP) is 2.20. The van der Waals surface area contributed by atoms with Gasteiger partial charge in [-0.3, -0.25) is 14.6 Å². The Hall–Kier alpha value is -2.67. The van der Waals surface area contributed by atoms with Crippen LogP contribution in [0.2, 0.25) is 0 Å². The maximum Gasteiger partial charge on any atom is 0.249 e. The summed E-state index contributed by atoms with van der Waals surface area (Å²) in [5, 5.41) is 4.04. The number of methoxy groups -OCH3 is 1. The molecular weight excluding hydrogens is 368 g/mol. The van der Waals surface area contributed by atoms with Crippen molar-refractivity contribution in [3.8, 4) is 0 Å². The molecule has 2 aliphatic heterocycles. The van der Waals surface area contributed by atoms with E-state index in [0.29, 0.717) is 6.54 Å². The molecule has 152 valence electrons. The number of benzene rings is 1. The molecule has 1 aromatic heterocycles. The highest BCUT2D eigenvalue weighted by molar-refractivity contribution is 6.12. The number of hydrogen-bond donors (Lipinski definition) is 2. The Bertz CT molecular complexity index is 981. The van der Waals surface area contributed by atoms with Gasteiger partial charge in [0.2, 0.25) is 11.8 Å².